The Balaban J connectivity index is 5.31. The molecule has 0 aromatic carbocycles. The van der Waals surface area contributed by atoms with Crippen molar-refractivity contribution in [2.75, 3.05) is 0 Å². The normalized spacial score (nSPS) is 5.50. The highest BCUT2D eigenvalue weighted by molar-refractivity contribution is 5.58. The SMILES string of the molecule is C#CC(C#C)=C(C#CN)C#CN. The minimum atomic E-state index is 0.255. The predicted molar refractivity (Wildman–Crippen MR) is 48.6 cm³/mol. The van der Waals surface area contributed by atoms with Crippen LogP contribution in [0.3, 0.4) is 0 Å². The molecule has 0 saturated heterocycles. The van der Waals surface area contributed by atoms with Gasteiger partial charge in [-0.25, -0.2) is 0 Å². The summed E-state index contributed by atoms with van der Waals surface area (Å²) < 4.78 is 0. The van der Waals surface area contributed by atoms with Crippen LogP contribution < -0.4 is 11.5 Å². The van der Waals surface area contributed by atoms with Gasteiger partial charge in [0.2, 0.25) is 0 Å². The Morgan fingerprint density at radius 2 is 1.25 bits per heavy atom. The zero-order chi connectivity index (χ0) is 9.40. The number of hydrogen-bond donors (Lipinski definition) is 2. The second kappa shape index (κ2) is 5.37. The first-order chi connectivity index (χ1) is 5.79. The van der Waals surface area contributed by atoms with Gasteiger partial charge in [-0.05, 0) is 11.8 Å². The van der Waals surface area contributed by atoms with E-state index in [1.807, 2.05) is 0 Å². The van der Waals surface area contributed by atoms with Crippen molar-refractivity contribution in [2.24, 2.45) is 11.5 Å². The van der Waals surface area contributed by atoms with E-state index in [0.717, 1.165) is 0 Å². The van der Waals surface area contributed by atoms with Crippen molar-refractivity contribution in [3.8, 4) is 48.6 Å². The molecular formula is C10H6N2. The average Bonchev–Trinajstić information content (AvgIpc) is 2.07. The van der Waals surface area contributed by atoms with Gasteiger partial charge in [-0.15, -0.1) is 12.8 Å². The van der Waals surface area contributed by atoms with E-state index >= 15 is 0 Å². The molecule has 4 N–H and O–H groups in total. The Bertz CT molecular complexity index is 354. The van der Waals surface area contributed by atoms with E-state index < -0.39 is 0 Å². The summed E-state index contributed by atoms with van der Waals surface area (Å²) in [4.78, 5) is 0. The van der Waals surface area contributed by atoms with Crippen molar-refractivity contribution in [3.63, 3.8) is 0 Å². The van der Waals surface area contributed by atoms with Crippen LogP contribution in [0.1, 0.15) is 0 Å². The van der Waals surface area contributed by atoms with Crippen LogP contribution >= 0.6 is 0 Å². The van der Waals surface area contributed by atoms with E-state index in [0.29, 0.717) is 5.57 Å². The molecule has 56 valence electrons. The minimum Gasteiger partial charge on any atom is -0.359 e. The van der Waals surface area contributed by atoms with E-state index in [4.69, 9.17) is 24.3 Å². The lowest BCUT2D eigenvalue weighted by Gasteiger charge is -1.87. The second-order valence-electron chi connectivity index (χ2n) is 1.58. The Hall–Kier alpha value is -2.42. The molecule has 0 unspecified atom stereocenters. The van der Waals surface area contributed by atoms with E-state index in [1.165, 1.54) is 0 Å². The first-order valence-corrected chi connectivity index (χ1v) is 2.90. The number of terminal acetylenes is 2. The topological polar surface area (TPSA) is 52.0 Å². The zero-order valence-corrected chi connectivity index (χ0v) is 6.31. The quantitative estimate of drug-likeness (QED) is 0.361. The molecule has 0 amide bonds. The Morgan fingerprint density at radius 1 is 0.833 bits per heavy atom. The molecular weight excluding hydrogens is 148 g/mol. The van der Waals surface area contributed by atoms with E-state index in [1.54, 1.807) is 0 Å². The van der Waals surface area contributed by atoms with Gasteiger partial charge in [-0.2, -0.15) is 0 Å². The van der Waals surface area contributed by atoms with Gasteiger partial charge in [0.1, 0.15) is 5.57 Å². The summed E-state index contributed by atoms with van der Waals surface area (Å²) in [6.07, 6.45) is 10.2. The van der Waals surface area contributed by atoms with Crippen molar-refractivity contribution in [1.29, 1.82) is 0 Å². The van der Waals surface area contributed by atoms with E-state index in [9.17, 15) is 0 Å². The van der Waals surface area contributed by atoms with Crippen LogP contribution in [0.4, 0.5) is 0 Å². The molecule has 0 aromatic rings. The standard InChI is InChI=1S/C10H6N2/c1-3-9(4-2)10(5-7-11)6-8-12/h1-2H,11-12H2. The lowest BCUT2D eigenvalue weighted by Crippen LogP contribution is -1.87. The highest BCUT2D eigenvalue weighted by Gasteiger charge is 1.94. The van der Waals surface area contributed by atoms with Crippen LogP contribution in [0.2, 0.25) is 0 Å². The highest BCUT2D eigenvalue weighted by Crippen LogP contribution is 1.98. The van der Waals surface area contributed by atoms with Crippen molar-refractivity contribution in [1.82, 2.24) is 0 Å². The summed E-state index contributed by atoms with van der Waals surface area (Å²) in [6.45, 7) is 0. The summed E-state index contributed by atoms with van der Waals surface area (Å²) in [6, 6.07) is 4.29. The molecule has 0 fully saturated rings. The van der Waals surface area contributed by atoms with Gasteiger partial charge in [0.05, 0.1) is 5.57 Å². The second-order valence-corrected chi connectivity index (χ2v) is 1.58. The largest absolute Gasteiger partial charge is 0.359 e. The number of nitrogens with two attached hydrogens (primary N) is 2. The Kier molecular flexibility index (Phi) is 4.29. The summed E-state index contributed by atoms with van der Waals surface area (Å²) in [5, 5.41) is 0. The van der Waals surface area contributed by atoms with Gasteiger partial charge in [-0.3, -0.25) is 0 Å². The molecule has 2 nitrogen and oxygen atoms in total. The van der Waals surface area contributed by atoms with Gasteiger partial charge in [-0.1, -0.05) is 11.8 Å². The number of allylic oxidation sites excluding steroid dienone is 2. The molecule has 0 bridgehead atoms. The maximum absolute atomic E-state index is 5.08. The predicted octanol–water partition coefficient (Wildman–Crippen LogP) is -0.611. The summed E-state index contributed by atoms with van der Waals surface area (Å²) >= 11 is 0. The first kappa shape index (κ1) is 9.58. The molecule has 0 aliphatic carbocycles. The van der Waals surface area contributed by atoms with Crippen LogP contribution in [0.15, 0.2) is 11.1 Å². The fraction of sp³-hybridized carbons (Fsp3) is 0. The lowest BCUT2D eigenvalue weighted by atomic mass is 10.1. The molecule has 2 heteroatoms. The fourth-order valence-electron chi connectivity index (χ4n) is 0.487. The molecule has 0 heterocycles. The van der Waals surface area contributed by atoms with Gasteiger partial charge in [0, 0.05) is 12.1 Å². The third-order valence-corrected chi connectivity index (χ3v) is 0.933. The smallest absolute Gasteiger partial charge is 0.102 e. The average molecular weight is 154 g/mol. The van der Waals surface area contributed by atoms with Crippen LogP contribution in [0, 0.1) is 48.6 Å². The van der Waals surface area contributed by atoms with Crippen LogP contribution in [0.5, 0.6) is 0 Å². The third kappa shape index (κ3) is 2.45. The number of rotatable bonds is 0. The van der Waals surface area contributed by atoms with Crippen molar-refractivity contribution < 1.29 is 0 Å². The Morgan fingerprint density at radius 3 is 1.50 bits per heavy atom. The van der Waals surface area contributed by atoms with Gasteiger partial charge < -0.3 is 11.5 Å². The third-order valence-electron chi connectivity index (χ3n) is 0.933. The monoisotopic (exact) mass is 154 g/mol. The zero-order valence-electron chi connectivity index (χ0n) is 6.31. The first-order valence-electron chi connectivity index (χ1n) is 2.90. The Labute approximate surface area is 72.0 Å². The summed E-state index contributed by atoms with van der Waals surface area (Å²) in [7, 11) is 0. The molecule has 0 atom stereocenters. The van der Waals surface area contributed by atoms with Crippen LogP contribution in [0.25, 0.3) is 0 Å². The van der Waals surface area contributed by atoms with Crippen molar-refractivity contribution in [2.45, 2.75) is 0 Å². The fourth-order valence-corrected chi connectivity index (χ4v) is 0.487. The molecule has 0 radical (unpaired) electrons. The minimum absolute atomic E-state index is 0.255. The van der Waals surface area contributed by atoms with Crippen molar-refractivity contribution >= 4 is 0 Å². The molecule has 0 saturated carbocycles. The molecule has 0 spiro atoms. The lowest BCUT2D eigenvalue weighted by molar-refractivity contribution is 1.67. The van der Waals surface area contributed by atoms with Gasteiger partial charge >= 0.3 is 0 Å². The summed E-state index contributed by atoms with van der Waals surface area (Å²) in [5.41, 5.74) is 10.5. The van der Waals surface area contributed by atoms with Crippen LogP contribution in [-0.2, 0) is 0 Å². The van der Waals surface area contributed by atoms with Gasteiger partial charge in [0.15, 0.2) is 0 Å². The molecule has 12 heavy (non-hydrogen) atoms. The maximum atomic E-state index is 5.08. The maximum Gasteiger partial charge on any atom is 0.102 e. The molecule has 0 rings (SSSR count). The van der Waals surface area contributed by atoms with E-state index in [-0.39, 0.29) is 5.57 Å². The summed E-state index contributed by atoms with van der Waals surface area (Å²) in [5.74, 6) is 9.41. The van der Waals surface area contributed by atoms with Gasteiger partial charge in [0.25, 0.3) is 0 Å². The van der Waals surface area contributed by atoms with E-state index in [2.05, 4.69) is 35.8 Å². The number of hydrogen-bond acceptors (Lipinski definition) is 2. The highest BCUT2D eigenvalue weighted by atomic mass is 14.5. The molecule has 0 aliphatic rings. The van der Waals surface area contributed by atoms with Crippen LogP contribution in [-0.4, -0.2) is 0 Å². The molecule has 0 aromatic heterocycles. The molecule has 0 aliphatic heterocycles. The van der Waals surface area contributed by atoms with Crippen molar-refractivity contribution in [3.05, 3.63) is 11.1 Å².